The van der Waals surface area contributed by atoms with E-state index in [1.54, 1.807) is 0 Å². The number of fused-ring (bicyclic) bond motifs is 1. The van der Waals surface area contributed by atoms with Crippen LogP contribution in [0.15, 0.2) is 18.2 Å². The average Bonchev–Trinajstić information content (AvgIpc) is 2.84. The van der Waals surface area contributed by atoms with Gasteiger partial charge in [-0.15, -0.1) is 11.6 Å². The van der Waals surface area contributed by atoms with Gasteiger partial charge in [-0.25, -0.2) is 4.98 Å². The van der Waals surface area contributed by atoms with Crippen LogP contribution in [0, 0.1) is 18.8 Å². The molecule has 2 unspecified atom stereocenters. The third kappa shape index (κ3) is 2.70. The van der Waals surface area contributed by atoms with E-state index in [4.69, 9.17) is 16.6 Å². The molecule has 0 bridgehead atoms. The number of halogens is 1. The second-order valence-electron chi connectivity index (χ2n) is 6.78. The first-order valence-corrected chi connectivity index (χ1v) is 8.68. The molecule has 114 valence electrons. The van der Waals surface area contributed by atoms with Crippen LogP contribution in [0.2, 0.25) is 0 Å². The van der Waals surface area contributed by atoms with Gasteiger partial charge in [0.2, 0.25) is 0 Å². The monoisotopic (exact) mass is 304 g/mol. The largest absolute Gasteiger partial charge is 0.324 e. The number of rotatable bonds is 3. The zero-order valence-electron chi connectivity index (χ0n) is 13.3. The van der Waals surface area contributed by atoms with Crippen LogP contribution in [0.1, 0.15) is 57.0 Å². The van der Waals surface area contributed by atoms with E-state index < -0.39 is 0 Å². The molecule has 1 aromatic carbocycles. The standard InChI is InChI=1S/C18H25ClN2/c1-12(2)14-6-4-5-7-16(14)21-17-9-8-13(3)10-15(17)20-18(21)11-19/h8-10,12,14,16H,4-7,11H2,1-3H3. The van der Waals surface area contributed by atoms with Gasteiger partial charge in [-0.1, -0.05) is 32.8 Å². The third-order valence-corrected chi connectivity index (χ3v) is 5.25. The molecule has 2 aromatic rings. The highest BCUT2D eigenvalue weighted by atomic mass is 35.5. The molecule has 1 aliphatic carbocycles. The van der Waals surface area contributed by atoms with Crippen molar-refractivity contribution in [1.29, 1.82) is 0 Å². The molecule has 1 saturated carbocycles. The summed E-state index contributed by atoms with van der Waals surface area (Å²) in [5.41, 5.74) is 3.62. The van der Waals surface area contributed by atoms with Gasteiger partial charge >= 0.3 is 0 Å². The normalized spacial score (nSPS) is 23.1. The number of aryl methyl sites for hydroxylation is 1. The lowest BCUT2D eigenvalue weighted by atomic mass is 9.77. The SMILES string of the molecule is Cc1ccc2c(c1)nc(CCl)n2C1CCCCC1C(C)C. The Bertz CT molecular complexity index is 629. The van der Waals surface area contributed by atoms with Crippen molar-refractivity contribution < 1.29 is 0 Å². The van der Waals surface area contributed by atoms with E-state index in [0.29, 0.717) is 17.8 Å². The Labute approximate surface area is 132 Å². The molecule has 1 aromatic heterocycles. The first-order chi connectivity index (χ1) is 10.1. The van der Waals surface area contributed by atoms with Gasteiger partial charge < -0.3 is 4.57 Å². The number of imidazole rings is 1. The minimum Gasteiger partial charge on any atom is -0.324 e. The predicted octanol–water partition coefficient (Wildman–Crippen LogP) is 5.47. The van der Waals surface area contributed by atoms with E-state index >= 15 is 0 Å². The zero-order chi connectivity index (χ0) is 15.0. The van der Waals surface area contributed by atoms with Crippen LogP contribution in [0.25, 0.3) is 11.0 Å². The Kier molecular flexibility index (Phi) is 4.26. The topological polar surface area (TPSA) is 17.8 Å². The first-order valence-electron chi connectivity index (χ1n) is 8.15. The van der Waals surface area contributed by atoms with Crippen LogP contribution in [-0.2, 0) is 5.88 Å². The fourth-order valence-electron chi connectivity index (χ4n) is 3.96. The van der Waals surface area contributed by atoms with Crippen LogP contribution in [0.3, 0.4) is 0 Å². The maximum Gasteiger partial charge on any atom is 0.125 e. The number of alkyl halides is 1. The molecule has 0 radical (unpaired) electrons. The lowest BCUT2D eigenvalue weighted by Crippen LogP contribution is -2.28. The van der Waals surface area contributed by atoms with Gasteiger partial charge in [-0.05, 0) is 49.3 Å². The molecule has 1 fully saturated rings. The van der Waals surface area contributed by atoms with Crippen LogP contribution in [0.4, 0.5) is 0 Å². The molecule has 0 spiro atoms. The average molecular weight is 305 g/mol. The second kappa shape index (κ2) is 6.00. The van der Waals surface area contributed by atoms with Gasteiger partial charge in [0, 0.05) is 6.04 Å². The molecular weight excluding hydrogens is 280 g/mol. The number of hydrogen-bond acceptors (Lipinski definition) is 1. The minimum absolute atomic E-state index is 0.495. The summed E-state index contributed by atoms with van der Waals surface area (Å²) < 4.78 is 2.45. The molecule has 0 N–H and O–H groups in total. The number of nitrogens with zero attached hydrogens (tertiary/aromatic N) is 2. The molecule has 0 amide bonds. The van der Waals surface area contributed by atoms with Crippen molar-refractivity contribution in [2.24, 2.45) is 11.8 Å². The summed E-state index contributed by atoms with van der Waals surface area (Å²) in [4.78, 5) is 4.79. The molecule has 1 aliphatic rings. The Hall–Kier alpha value is -1.02. The smallest absolute Gasteiger partial charge is 0.125 e. The van der Waals surface area contributed by atoms with Gasteiger partial charge in [0.15, 0.2) is 0 Å². The molecule has 1 heterocycles. The Morgan fingerprint density at radius 1 is 1.29 bits per heavy atom. The van der Waals surface area contributed by atoms with Crippen molar-refractivity contribution in [3.8, 4) is 0 Å². The summed E-state index contributed by atoms with van der Waals surface area (Å²) in [7, 11) is 0. The number of benzene rings is 1. The van der Waals surface area contributed by atoms with Crippen molar-refractivity contribution in [2.45, 2.75) is 58.4 Å². The maximum atomic E-state index is 6.21. The second-order valence-corrected chi connectivity index (χ2v) is 7.05. The summed E-state index contributed by atoms with van der Waals surface area (Å²) in [6, 6.07) is 7.14. The quantitative estimate of drug-likeness (QED) is 0.687. The van der Waals surface area contributed by atoms with Crippen LogP contribution >= 0.6 is 11.6 Å². The van der Waals surface area contributed by atoms with Crippen molar-refractivity contribution in [3.63, 3.8) is 0 Å². The van der Waals surface area contributed by atoms with E-state index in [1.165, 1.54) is 36.8 Å². The third-order valence-electron chi connectivity index (χ3n) is 5.01. The highest BCUT2D eigenvalue weighted by Gasteiger charge is 2.31. The molecule has 3 heteroatoms. The van der Waals surface area contributed by atoms with Gasteiger partial charge in [0.25, 0.3) is 0 Å². The highest BCUT2D eigenvalue weighted by molar-refractivity contribution is 6.16. The van der Waals surface area contributed by atoms with E-state index in [1.807, 2.05) is 0 Å². The van der Waals surface area contributed by atoms with Crippen molar-refractivity contribution >= 4 is 22.6 Å². The summed E-state index contributed by atoms with van der Waals surface area (Å²) in [6.45, 7) is 6.83. The molecule has 3 rings (SSSR count). The van der Waals surface area contributed by atoms with E-state index in [2.05, 4.69) is 43.5 Å². The van der Waals surface area contributed by atoms with Gasteiger partial charge in [-0.3, -0.25) is 0 Å². The van der Waals surface area contributed by atoms with Gasteiger partial charge in [0.05, 0.1) is 16.9 Å². The number of aromatic nitrogens is 2. The fraction of sp³-hybridized carbons (Fsp3) is 0.611. The predicted molar refractivity (Wildman–Crippen MR) is 89.9 cm³/mol. The lowest BCUT2D eigenvalue weighted by Gasteiger charge is -2.36. The summed E-state index contributed by atoms with van der Waals surface area (Å²) in [5, 5.41) is 0. The molecule has 2 atom stereocenters. The fourth-order valence-corrected chi connectivity index (χ4v) is 4.15. The maximum absolute atomic E-state index is 6.21. The van der Waals surface area contributed by atoms with Gasteiger partial charge in [0.1, 0.15) is 5.82 Å². The van der Waals surface area contributed by atoms with Gasteiger partial charge in [-0.2, -0.15) is 0 Å². The van der Waals surface area contributed by atoms with Crippen molar-refractivity contribution in [3.05, 3.63) is 29.6 Å². The zero-order valence-corrected chi connectivity index (χ0v) is 14.0. The van der Waals surface area contributed by atoms with E-state index in [0.717, 1.165) is 17.3 Å². The lowest BCUT2D eigenvalue weighted by molar-refractivity contribution is 0.185. The number of hydrogen-bond donors (Lipinski definition) is 0. The Balaban J connectivity index is 2.13. The summed E-state index contributed by atoms with van der Waals surface area (Å²) in [5.74, 6) is 2.98. The van der Waals surface area contributed by atoms with Crippen molar-refractivity contribution in [1.82, 2.24) is 9.55 Å². The van der Waals surface area contributed by atoms with Crippen molar-refractivity contribution in [2.75, 3.05) is 0 Å². The van der Waals surface area contributed by atoms with E-state index in [-0.39, 0.29) is 0 Å². The van der Waals surface area contributed by atoms with Crippen LogP contribution in [0.5, 0.6) is 0 Å². The molecule has 0 aliphatic heterocycles. The first kappa shape index (κ1) is 14.9. The summed E-state index contributed by atoms with van der Waals surface area (Å²) in [6.07, 6.45) is 5.27. The summed E-state index contributed by atoms with van der Waals surface area (Å²) >= 11 is 6.21. The molecule has 0 saturated heterocycles. The highest BCUT2D eigenvalue weighted by Crippen LogP contribution is 2.41. The van der Waals surface area contributed by atoms with Crippen LogP contribution in [-0.4, -0.2) is 9.55 Å². The molecule has 21 heavy (non-hydrogen) atoms. The van der Waals surface area contributed by atoms with Crippen LogP contribution < -0.4 is 0 Å². The molecule has 2 nitrogen and oxygen atoms in total. The Morgan fingerprint density at radius 3 is 2.76 bits per heavy atom. The van der Waals surface area contributed by atoms with E-state index in [9.17, 15) is 0 Å². The minimum atomic E-state index is 0.495. The Morgan fingerprint density at radius 2 is 2.05 bits per heavy atom. The molecular formula is C18H25ClN2.